The van der Waals surface area contributed by atoms with Gasteiger partial charge in [-0.2, -0.15) is 5.10 Å². The lowest BCUT2D eigenvalue weighted by Gasteiger charge is -2.32. The number of rotatable bonds is 5. The van der Waals surface area contributed by atoms with Gasteiger partial charge in [-0.3, -0.25) is 14.4 Å². The number of aryl methyl sites for hydroxylation is 1. The number of sulfonamides is 1. The molecule has 10 heteroatoms. The molecule has 1 aliphatic rings. The van der Waals surface area contributed by atoms with Crippen molar-refractivity contribution in [1.29, 1.82) is 0 Å². The van der Waals surface area contributed by atoms with Crippen LogP contribution in [0.1, 0.15) is 18.5 Å². The standard InChI is InChI=1S/C17H19N5O4S/c1-21-16(8-9-18-21)22-10-4-6-13(17(22)23)20-27(24,25)11-14-12-5-2-3-7-15(12)26-19-14/h2-3,5,7-9,13,20H,4,6,10-11H2,1H3. The number of fused-ring (bicyclic) bond motifs is 1. The molecule has 4 rings (SSSR count). The molecular formula is C17H19N5O4S. The van der Waals surface area contributed by atoms with Crippen LogP contribution in [0.15, 0.2) is 41.1 Å². The zero-order valence-corrected chi connectivity index (χ0v) is 15.5. The topological polar surface area (TPSA) is 110 Å². The van der Waals surface area contributed by atoms with Crippen LogP contribution >= 0.6 is 0 Å². The molecule has 0 aliphatic carbocycles. The number of nitrogens with zero attached hydrogens (tertiary/aromatic N) is 4. The van der Waals surface area contributed by atoms with Gasteiger partial charge in [0.1, 0.15) is 23.3 Å². The molecule has 0 saturated carbocycles. The second-order valence-electron chi connectivity index (χ2n) is 6.50. The first-order valence-corrected chi connectivity index (χ1v) is 10.2. The fourth-order valence-corrected chi connectivity index (χ4v) is 4.63. The molecule has 9 nitrogen and oxygen atoms in total. The highest BCUT2D eigenvalue weighted by atomic mass is 32.2. The lowest BCUT2D eigenvalue weighted by molar-refractivity contribution is -0.121. The van der Waals surface area contributed by atoms with Crippen molar-refractivity contribution in [3.8, 4) is 0 Å². The number of carbonyl (C=O) groups excluding carboxylic acids is 1. The van der Waals surface area contributed by atoms with Crippen molar-refractivity contribution in [2.45, 2.75) is 24.6 Å². The van der Waals surface area contributed by atoms with Crippen molar-refractivity contribution in [1.82, 2.24) is 19.7 Å². The molecule has 0 radical (unpaired) electrons. The van der Waals surface area contributed by atoms with Crippen molar-refractivity contribution in [2.24, 2.45) is 7.05 Å². The number of nitrogens with one attached hydrogen (secondary N) is 1. The predicted molar refractivity (Wildman–Crippen MR) is 98.4 cm³/mol. The monoisotopic (exact) mass is 389 g/mol. The summed E-state index contributed by atoms with van der Waals surface area (Å²) in [4.78, 5) is 14.4. The van der Waals surface area contributed by atoms with Crippen molar-refractivity contribution in [3.05, 3.63) is 42.2 Å². The average Bonchev–Trinajstić information content (AvgIpc) is 3.23. The Morgan fingerprint density at radius 3 is 2.89 bits per heavy atom. The van der Waals surface area contributed by atoms with Gasteiger partial charge in [0.15, 0.2) is 5.58 Å². The average molecular weight is 389 g/mol. The van der Waals surface area contributed by atoms with Gasteiger partial charge in [0.05, 0.1) is 6.20 Å². The minimum atomic E-state index is -3.77. The normalized spacial score (nSPS) is 18.3. The van der Waals surface area contributed by atoms with Crippen LogP contribution in [-0.4, -0.2) is 41.8 Å². The van der Waals surface area contributed by atoms with E-state index in [1.807, 2.05) is 0 Å². The van der Waals surface area contributed by atoms with Crippen LogP contribution in [-0.2, 0) is 27.6 Å². The Balaban J connectivity index is 1.52. The first kappa shape index (κ1) is 17.7. The van der Waals surface area contributed by atoms with Gasteiger partial charge in [0.25, 0.3) is 0 Å². The summed E-state index contributed by atoms with van der Waals surface area (Å²) in [5, 5.41) is 8.58. The Bertz CT molecular complexity index is 1090. The third kappa shape index (κ3) is 3.45. The van der Waals surface area contributed by atoms with E-state index < -0.39 is 16.1 Å². The summed E-state index contributed by atoms with van der Waals surface area (Å²) in [6.07, 6.45) is 2.75. The van der Waals surface area contributed by atoms with Crippen LogP contribution in [0, 0.1) is 0 Å². The smallest absolute Gasteiger partial charge is 0.246 e. The Morgan fingerprint density at radius 2 is 2.11 bits per heavy atom. The maximum atomic E-state index is 12.8. The molecule has 0 bridgehead atoms. The summed E-state index contributed by atoms with van der Waals surface area (Å²) in [6.45, 7) is 0.532. The highest BCUT2D eigenvalue weighted by molar-refractivity contribution is 7.88. The third-order valence-corrected chi connectivity index (χ3v) is 5.91. The summed E-state index contributed by atoms with van der Waals surface area (Å²) in [5.41, 5.74) is 0.851. The van der Waals surface area contributed by atoms with Crippen molar-refractivity contribution in [3.63, 3.8) is 0 Å². The van der Waals surface area contributed by atoms with Gasteiger partial charge in [-0.15, -0.1) is 0 Å². The van der Waals surface area contributed by atoms with Crippen LogP contribution in [0.3, 0.4) is 0 Å². The fraction of sp³-hybridized carbons (Fsp3) is 0.353. The first-order valence-electron chi connectivity index (χ1n) is 8.57. The largest absolute Gasteiger partial charge is 0.356 e. The number of benzene rings is 1. The summed E-state index contributed by atoms with van der Waals surface area (Å²) < 4.78 is 34.5. The summed E-state index contributed by atoms with van der Waals surface area (Å²) in [5.74, 6) is 0.0179. The highest BCUT2D eigenvalue weighted by Gasteiger charge is 2.34. The van der Waals surface area contributed by atoms with Crippen molar-refractivity contribution in [2.75, 3.05) is 11.4 Å². The van der Waals surface area contributed by atoms with Gasteiger partial charge >= 0.3 is 0 Å². The van der Waals surface area contributed by atoms with Crippen molar-refractivity contribution >= 4 is 32.7 Å². The molecule has 0 spiro atoms. The first-order chi connectivity index (χ1) is 12.9. The van der Waals surface area contributed by atoms with Gasteiger partial charge in [-0.05, 0) is 25.0 Å². The van der Waals surface area contributed by atoms with Crippen LogP contribution in [0.2, 0.25) is 0 Å². The molecule has 27 heavy (non-hydrogen) atoms. The van der Waals surface area contributed by atoms with E-state index in [2.05, 4.69) is 15.0 Å². The lowest BCUT2D eigenvalue weighted by Crippen LogP contribution is -2.53. The summed E-state index contributed by atoms with van der Waals surface area (Å²) >= 11 is 0. The maximum Gasteiger partial charge on any atom is 0.246 e. The Kier molecular flexibility index (Phi) is 4.44. The third-order valence-electron chi connectivity index (χ3n) is 4.61. The molecular weight excluding hydrogens is 370 g/mol. The number of amides is 1. The minimum Gasteiger partial charge on any atom is -0.356 e. The highest BCUT2D eigenvalue weighted by Crippen LogP contribution is 2.22. The Morgan fingerprint density at radius 1 is 1.30 bits per heavy atom. The van der Waals surface area contributed by atoms with Gasteiger partial charge in [0, 0.05) is 25.0 Å². The molecule has 3 aromatic rings. The summed E-state index contributed by atoms with van der Waals surface area (Å²) in [7, 11) is -2.03. The molecule has 1 saturated heterocycles. The number of aromatic nitrogens is 3. The molecule has 1 atom stereocenters. The fourth-order valence-electron chi connectivity index (χ4n) is 3.32. The van der Waals surface area contributed by atoms with E-state index in [1.54, 1.807) is 53.2 Å². The molecule has 1 amide bonds. The molecule has 1 fully saturated rings. The number of hydrogen-bond acceptors (Lipinski definition) is 6. The Hall–Kier alpha value is -2.72. The lowest BCUT2D eigenvalue weighted by atomic mass is 10.1. The molecule has 3 heterocycles. The van der Waals surface area contributed by atoms with Gasteiger partial charge in [-0.1, -0.05) is 17.3 Å². The molecule has 1 unspecified atom stereocenters. The van der Waals surface area contributed by atoms with Crippen LogP contribution in [0.4, 0.5) is 5.82 Å². The van der Waals surface area contributed by atoms with E-state index in [-0.39, 0.29) is 11.7 Å². The van der Waals surface area contributed by atoms with Crippen LogP contribution in [0.5, 0.6) is 0 Å². The molecule has 1 aliphatic heterocycles. The van der Waals surface area contributed by atoms with Gasteiger partial charge in [-0.25, -0.2) is 13.1 Å². The van der Waals surface area contributed by atoms with Crippen LogP contribution in [0.25, 0.3) is 11.0 Å². The zero-order chi connectivity index (χ0) is 19.0. The molecule has 142 valence electrons. The maximum absolute atomic E-state index is 12.8. The minimum absolute atomic E-state index is 0.279. The predicted octanol–water partition coefficient (Wildman–Crippen LogP) is 1.18. The number of carbonyl (C=O) groups is 1. The van der Waals surface area contributed by atoms with E-state index in [9.17, 15) is 13.2 Å². The molecule has 1 aromatic carbocycles. The second kappa shape index (κ2) is 6.78. The SMILES string of the molecule is Cn1nccc1N1CCCC(NS(=O)(=O)Cc2noc3ccccc23)C1=O. The zero-order valence-electron chi connectivity index (χ0n) is 14.7. The van der Waals surface area contributed by atoms with Crippen molar-refractivity contribution < 1.29 is 17.7 Å². The Labute approximate surface area is 156 Å². The summed E-state index contributed by atoms with van der Waals surface area (Å²) in [6, 6.07) is 7.99. The quantitative estimate of drug-likeness (QED) is 0.701. The number of hydrogen-bond donors (Lipinski definition) is 1. The molecule has 2 aromatic heterocycles. The van der Waals surface area contributed by atoms with E-state index >= 15 is 0 Å². The van der Waals surface area contributed by atoms with E-state index in [4.69, 9.17) is 4.52 Å². The van der Waals surface area contributed by atoms with Gasteiger partial charge in [0.2, 0.25) is 15.9 Å². The number of anilines is 1. The van der Waals surface area contributed by atoms with E-state index in [1.165, 1.54) is 0 Å². The van der Waals surface area contributed by atoms with Gasteiger partial charge < -0.3 is 4.52 Å². The second-order valence-corrected chi connectivity index (χ2v) is 8.25. The van der Waals surface area contributed by atoms with E-state index in [0.717, 1.165) is 0 Å². The van der Waals surface area contributed by atoms with E-state index in [0.29, 0.717) is 41.9 Å². The molecule has 1 N–H and O–H groups in total. The van der Waals surface area contributed by atoms with Crippen LogP contribution < -0.4 is 9.62 Å². The number of para-hydroxylation sites is 1. The number of piperidine rings is 1.